The van der Waals surface area contributed by atoms with E-state index in [1.165, 1.54) is 23.1 Å². The number of rotatable bonds is 5. The number of nitrogens with zero attached hydrogens (tertiary/aromatic N) is 1. The van der Waals surface area contributed by atoms with E-state index < -0.39 is 15.8 Å². The highest BCUT2D eigenvalue weighted by atomic mass is 32.2. The van der Waals surface area contributed by atoms with E-state index in [9.17, 15) is 17.6 Å². The molecule has 0 aromatic heterocycles. The summed E-state index contributed by atoms with van der Waals surface area (Å²) in [7, 11) is -3.26. The van der Waals surface area contributed by atoms with Crippen LogP contribution >= 0.6 is 0 Å². The third-order valence-electron chi connectivity index (χ3n) is 3.74. The molecule has 1 saturated carbocycles. The Morgan fingerprint density at radius 3 is 2.86 bits per heavy atom. The van der Waals surface area contributed by atoms with Crippen molar-refractivity contribution in [3.8, 4) is 5.75 Å². The Morgan fingerprint density at radius 1 is 1.36 bits per heavy atom. The number of hydrogen-bond acceptors (Lipinski definition) is 4. The summed E-state index contributed by atoms with van der Waals surface area (Å²) >= 11 is 0. The van der Waals surface area contributed by atoms with E-state index in [1.807, 2.05) is 0 Å². The second kappa shape index (κ2) is 5.85. The lowest BCUT2D eigenvalue weighted by molar-refractivity contribution is -0.133. The zero-order chi connectivity index (χ0) is 15.7. The fourth-order valence-electron chi connectivity index (χ4n) is 2.36. The molecule has 1 amide bonds. The quantitative estimate of drug-likeness (QED) is 0.860. The highest BCUT2D eigenvalue weighted by Gasteiger charge is 2.35. The molecule has 1 aromatic rings. The first-order chi connectivity index (χ1) is 10.5. The van der Waals surface area contributed by atoms with E-state index in [1.54, 1.807) is 0 Å². The fourth-order valence-corrected chi connectivity index (χ4v) is 3.73. The van der Waals surface area contributed by atoms with Crippen LogP contribution in [0.5, 0.6) is 5.75 Å². The van der Waals surface area contributed by atoms with Crippen LogP contribution < -0.4 is 9.46 Å². The maximum atomic E-state index is 13.3. The van der Waals surface area contributed by atoms with Gasteiger partial charge < -0.3 is 9.64 Å². The Labute approximate surface area is 128 Å². The number of amides is 1. The molecule has 1 heterocycles. The topological polar surface area (TPSA) is 75.7 Å². The first kappa shape index (κ1) is 15.2. The van der Waals surface area contributed by atoms with Crippen LogP contribution in [0.2, 0.25) is 0 Å². The molecule has 6 nitrogen and oxygen atoms in total. The summed E-state index contributed by atoms with van der Waals surface area (Å²) in [4.78, 5) is 13.5. The van der Waals surface area contributed by atoms with Crippen LogP contribution in [0.4, 0.5) is 4.39 Å². The van der Waals surface area contributed by atoms with E-state index in [4.69, 9.17) is 4.74 Å². The second-order valence-corrected chi connectivity index (χ2v) is 7.54. The number of sulfonamides is 1. The minimum atomic E-state index is -3.26. The molecule has 0 unspecified atom stereocenters. The zero-order valence-electron chi connectivity index (χ0n) is 11.9. The molecule has 0 atom stereocenters. The Balaban J connectivity index is 1.63. The largest absolute Gasteiger partial charge is 0.483 e. The molecule has 22 heavy (non-hydrogen) atoms. The molecule has 0 spiro atoms. The molecule has 1 fully saturated rings. The summed E-state index contributed by atoms with van der Waals surface area (Å²) in [6.45, 7) is 0.449. The molecule has 0 bridgehead atoms. The number of hydrogen-bond donors (Lipinski definition) is 1. The van der Waals surface area contributed by atoms with Crippen molar-refractivity contribution in [1.82, 2.24) is 9.62 Å². The van der Waals surface area contributed by atoms with Crippen LogP contribution in [0.15, 0.2) is 18.2 Å². The van der Waals surface area contributed by atoms with E-state index in [0.29, 0.717) is 24.2 Å². The van der Waals surface area contributed by atoms with Crippen LogP contribution in [0.3, 0.4) is 0 Å². The molecular weight excluding hydrogens is 311 g/mol. The summed E-state index contributed by atoms with van der Waals surface area (Å²) in [6, 6.07) is 4.11. The van der Waals surface area contributed by atoms with E-state index in [2.05, 4.69) is 4.72 Å². The summed E-state index contributed by atoms with van der Waals surface area (Å²) in [5.74, 6) is -0.163. The molecule has 120 valence electrons. The zero-order valence-corrected chi connectivity index (χ0v) is 12.7. The standard InChI is InChI=1S/C14H17FN2O4S/c15-11-1-4-13-10(7-11)8-17(14(18)9-21-13)6-5-16-22(19,20)12-2-3-12/h1,4,7,12,16H,2-3,5-6,8-9H2. The van der Waals surface area contributed by atoms with Crippen molar-refractivity contribution in [2.45, 2.75) is 24.6 Å². The average Bonchev–Trinajstić information content (AvgIpc) is 3.29. The smallest absolute Gasteiger partial charge is 0.260 e. The maximum absolute atomic E-state index is 13.3. The molecule has 0 saturated heterocycles. The van der Waals surface area contributed by atoms with Crippen LogP contribution in [-0.4, -0.2) is 44.2 Å². The number of benzene rings is 1. The molecule has 1 aliphatic heterocycles. The summed E-state index contributed by atoms with van der Waals surface area (Å²) in [6.07, 6.45) is 1.39. The lowest BCUT2D eigenvalue weighted by Gasteiger charge is -2.20. The SMILES string of the molecule is O=C1COc2ccc(F)cc2CN1CCNS(=O)(=O)C1CC1. The molecule has 1 aliphatic carbocycles. The van der Waals surface area contributed by atoms with Crippen LogP contribution in [0, 0.1) is 5.82 Å². The van der Waals surface area contributed by atoms with Gasteiger partial charge in [0.1, 0.15) is 11.6 Å². The summed E-state index contributed by atoms with van der Waals surface area (Å²) < 4.78 is 44.6. The number of nitrogens with one attached hydrogen (secondary N) is 1. The van der Waals surface area contributed by atoms with Crippen molar-refractivity contribution >= 4 is 15.9 Å². The Bertz CT molecular complexity index is 688. The van der Waals surface area contributed by atoms with Gasteiger partial charge in [-0.3, -0.25) is 4.79 Å². The van der Waals surface area contributed by atoms with Gasteiger partial charge in [-0.15, -0.1) is 0 Å². The first-order valence-electron chi connectivity index (χ1n) is 7.13. The minimum absolute atomic E-state index is 0.131. The van der Waals surface area contributed by atoms with Gasteiger partial charge in [-0.2, -0.15) is 0 Å². The highest BCUT2D eigenvalue weighted by Crippen LogP contribution is 2.27. The molecule has 1 aromatic carbocycles. The van der Waals surface area contributed by atoms with Crippen LogP contribution in [0.25, 0.3) is 0 Å². The first-order valence-corrected chi connectivity index (χ1v) is 8.68. The Morgan fingerprint density at radius 2 is 2.14 bits per heavy atom. The predicted molar refractivity (Wildman–Crippen MR) is 77.3 cm³/mol. The summed E-state index contributed by atoms with van der Waals surface area (Å²) in [5, 5.41) is -0.287. The Kier molecular flexibility index (Phi) is 4.05. The van der Waals surface area contributed by atoms with Gasteiger partial charge in [-0.05, 0) is 31.0 Å². The van der Waals surface area contributed by atoms with Crippen molar-refractivity contribution in [3.63, 3.8) is 0 Å². The van der Waals surface area contributed by atoms with E-state index >= 15 is 0 Å². The normalized spacial score (nSPS) is 18.6. The predicted octanol–water partition coefficient (Wildman–Crippen LogP) is 0.629. The van der Waals surface area contributed by atoms with Gasteiger partial charge >= 0.3 is 0 Å². The molecule has 8 heteroatoms. The van der Waals surface area contributed by atoms with Gasteiger partial charge in [0, 0.05) is 25.2 Å². The van der Waals surface area contributed by atoms with Crippen molar-refractivity contribution < 1.29 is 22.3 Å². The second-order valence-electron chi connectivity index (χ2n) is 5.49. The Hall–Kier alpha value is -1.67. The average molecular weight is 328 g/mol. The monoisotopic (exact) mass is 328 g/mol. The maximum Gasteiger partial charge on any atom is 0.260 e. The van der Waals surface area contributed by atoms with E-state index in [-0.39, 0.29) is 37.4 Å². The third kappa shape index (κ3) is 3.38. The van der Waals surface area contributed by atoms with Gasteiger partial charge in [0.05, 0.1) is 5.25 Å². The van der Waals surface area contributed by atoms with Crippen molar-refractivity contribution in [3.05, 3.63) is 29.6 Å². The number of carbonyl (C=O) groups is 1. The summed E-state index contributed by atoms with van der Waals surface area (Å²) in [5.41, 5.74) is 0.580. The molecule has 3 rings (SSSR count). The van der Waals surface area contributed by atoms with Crippen molar-refractivity contribution in [2.24, 2.45) is 0 Å². The van der Waals surface area contributed by atoms with Crippen LogP contribution in [0.1, 0.15) is 18.4 Å². The number of carbonyl (C=O) groups excluding carboxylic acids is 1. The fraction of sp³-hybridized carbons (Fsp3) is 0.500. The molecule has 1 N–H and O–H groups in total. The van der Waals surface area contributed by atoms with Gasteiger partial charge in [-0.1, -0.05) is 0 Å². The molecule has 0 radical (unpaired) electrons. The van der Waals surface area contributed by atoms with Gasteiger partial charge in [0.25, 0.3) is 5.91 Å². The number of ether oxygens (including phenoxy) is 1. The van der Waals surface area contributed by atoms with Crippen molar-refractivity contribution in [2.75, 3.05) is 19.7 Å². The molecular formula is C14H17FN2O4S. The number of halogens is 1. The third-order valence-corrected chi connectivity index (χ3v) is 5.69. The van der Waals surface area contributed by atoms with Gasteiger partial charge in [-0.25, -0.2) is 17.5 Å². The van der Waals surface area contributed by atoms with E-state index in [0.717, 1.165) is 0 Å². The highest BCUT2D eigenvalue weighted by molar-refractivity contribution is 7.90. The van der Waals surface area contributed by atoms with Crippen LogP contribution in [-0.2, 0) is 21.4 Å². The van der Waals surface area contributed by atoms with Gasteiger partial charge in [0.15, 0.2) is 6.61 Å². The molecule has 2 aliphatic rings. The lowest BCUT2D eigenvalue weighted by Crippen LogP contribution is -2.39. The van der Waals surface area contributed by atoms with Gasteiger partial charge in [0.2, 0.25) is 10.0 Å². The number of fused-ring (bicyclic) bond motifs is 1. The lowest BCUT2D eigenvalue weighted by atomic mass is 10.2. The van der Waals surface area contributed by atoms with Crippen molar-refractivity contribution in [1.29, 1.82) is 0 Å². The minimum Gasteiger partial charge on any atom is -0.483 e.